The predicted molar refractivity (Wildman–Crippen MR) is 185 cm³/mol. The van der Waals surface area contributed by atoms with Crippen LogP contribution < -0.4 is 0 Å². The highest BCUT2D eigenvalue weighted by Crippen LogP contribution is 2.48. The third-order valence-electron chi connectivity index (χ3n) is 9.73. The summed E-state index contributed by atoms with van der Waals surface area (Å²) < 4.78 is 0. The second-order valence-corrected chi connectivity index (χ2v) is 13.8. The maximum atomic E-state index is 10.5. The summed E-state index contributed by atoms with van der Waals surface area (Å²) in [5.74, 6) is 2.37. The fraction of sp³-hybridized carbons (Fsp3) is 0.550. The van der Waals surface area contributed by atoms with E-state index in [1.165, 1.54) is 11.1 Å². The Kier molecular flexibility index (Phi) is 13.1. The van der Waals surface area contributed by atoms with Crippen molar-refractivity contribution >= 4 is 0 Å². The van der Waals surface area contributed by atoms with Crippen molar-refractivity contribution in [1.29, 1.82) is 0 Å². The Balaban J connectivity index is 0.000000240. The summed E-state index contributed by atoms with van der Waals surface area (Å²) >= 11 is 0. The van der Waals surface area contributed by atoms with Crippen molar-refractivity contribution in [3.63, 3.8) is 0 Å². The summed E-state index contributed by atoms with van der Waals surface area (Å²) in [6.45, 7) is 19.2. The van der Waals surface area contributed by atoms with Crippen molar-refractivity contribution in [1.82, 2.24) is 0 Å². The molecule has 4 heteroatoms. The molecule has 4 atom stereocenters. The maximum Gasteiger partial charge on any atom is 0.123 e. The van der Waals surface area contributed by atoms with Gasteiger partial charge in [0.2, 0.25) is 0 Å². The van der Waals surface area contributed by atoms with Gasteiger partial charge in [0.05, 0.1) is 0 Å². The Morgan fingerprint density at radius 1 is 0.727 bits per heavy atom. The van der Waals surface area contributed by atoms with Crippen LogP contribution in [0.25, 0.3) is 0 Å². The number of hydrogen-bond acceptors (Lipinski definition) is 4. The summed E-state index contributed by atoms with van der Waals surface area (Å²) in [6, 6.07) is 7.33. The number of unbranched alkanes of at least 4 members (excludes halogenated alkanes) is 2. The SMILES string of the molecule is C=C(C)[C@@H]1CCC(C)=CC1c1c(O)cc(CCCC)cc1O.CCCCc1cc(O)c(C2C=C(C)CC[C@H]2C(C)C)c(O)c1. The van der Waals surface area contributed by atoms with E-state index < -0.39 is 0 Å². The molecule has 2 unspecified atom stereocenters. The Hall–Kier alpha value is -3.14. The molecule has 44 heavy (non-hydrogen) atoms. The lowest BCUT2D eigenvalue weighted by molar-refractivity contribution is 0.304. The zero-order chi connectivity index (χ0) is 32.6. The number of rotatable bonds is 10. The van der Waals surface area contributed by atoms with Crippen LogP contribution in [0.15, 0.2) is 59.7 Å². The van der Waals surface area contributed by atoms with Crippen LogP contribution in [0.1, 0.15) is 134 Å². The molecule has 0 bridgehead atoms. The van der Waals surface area contributed by atoms with Gasteiger partial charge in [0.25, 0.3) is 0 Å². The Labute approximate surface area is 267 Å². The van der Waals surface area contributed by atoms with Crippen molar-refractivity contribution in [2.45, 2.75) is 125 Å². The second kappa shape index (κ2) is 16.3. The molecule has 2 aromatic carbocycles. The number of phenolic OH excluding ortho intramolecular Hbond substituents is 4. The first-order valence-corrected chi connectivity index (χ1v) is 17.0. The van der Waals surface area contributed by atoms with Gasteiger partial charge in [-0.25, -0.2) is 0 Å². The van der Waals surface area contributed by atoms with Gasteiger partial charge in [-0.05, 0) is 125 Å². The van der Waals surface area contributed by atoms with Gasteiger partial charge in [0.1, 0.15) is 23.0 Å². The van der Waals surface area contributed by atoms with Crippen molar-refractivity contribution in [3.8, 4) is 23.0 Å². The van der Waals surface area contributed by atoms with E-state index in [1.54, 1.807) is 0 Å². The highest BCUT2D eigenvalue weighted by Gasteiger charge is 2.32. The minimum Gasteiger partial charge on any atom is -0.507 e. The van der Waals surface area contributed by atoms with Crippen LogP contribution in [-0.4, -0.2) is 20.4 Å². The molecule has 0 fully saturated rings. The normalized spacial score (nSPS) is 21.7. The third kappa shape index (κ3) is 8.96. The van der Waals surface area contributed by atoms with E-state index in [1.807, 2.05) is 31.2 Å². The lowest BCUT2D eigenvalue weighted by Crippen LogP contribution is -2.21. The zero-order valence-corrected chi connectivity index (χ0v) is 28.4. The molecular weight excluding hydrogens is 544 g/mol. The van der Waals surface area contributed by atoms with Crippen LogP contribution in [-0.2, 0) is 12.8 Å². The largest absolute Gasteiger partial charge is 0.507 e. The molecule has 0 saturated carbocycles. The molecule has 0 spiro atoms. The Morgan fingerprint density at radius 3 is 1.55 bits per heavy atom. The van der Waals surface area contributed by atoms with Gasteiger partial charge >= 0.3 is 0 Å². The number of phenols is 4. The summed E-state index contributed by atoms with van der Waals surface area (Å²) in [5, 5.41) is 42.0. The first-order valence-electron chi connectivity index (χ1n) is 17.0. The van der Waals surface area contributed by atoms with Crippen molar-refractivity contribution in [2.75, 3.05) is 0 Å². The summed E-state index contributed by atoms with van der Waals surface area (Å²) in [6.07, 6.45) is 14.9. The van der Waals surface area contributed by atoms with E-state index in [4.69, 9.17) is 0 Å². The third-order valence-corrected chi connectivity index (χ3v) is 9.73. The van der Waals surface area contributed by atoms with Crippen molar-refractivity contribution in [3.05, 3.63) is 82.0 Å². The van der Waals surface area contributed by atoms with Crippen LogP contribution in [0.5, 0.6) is 23.0 Å². The van der Waals surface area contributed by atoms with Crippen LogP contribution in [0.3, 0.4) is 0 Å². The highest BCUT2D eigenvalue weighted by atomic mass is 16.3. The average molecular weight is 603 g/mol. The van der Waals surface area contributed by atoms with Crippen LogP contribution in [0.4, 0.5) is 0 Å². The molecule has 0 radical (unpaired) electrons. The van der Waals surface area contributed by atoms with E-state index >= 15 is 0 Å². The van der Waals surface area contributed by atoms with Crippen molar-refractivity contribution < 1.29 is 20.4 Å². The quantitative estimate of drug-likeness (QED) is 0.204. The van der Waals surface area contributed by atoms with Gasteiger partial charge in [-0.2, -0.15) is 0 Å². The molecule has 2 aliphatic rings. The Morgan fingerprint density at radius 2 is 1.14 bits per heavy atom. The number of aromatic hydroxyl groups is 4. The molecule has 0 aromatic heterocycles. The van der Waals surface area contributed by atoms with E-state index in [-0.39, 0.29) is 40.8 Å². The van der Waals surface area contributed by atoms with Crippen LogP contribution in [0, 0.1) is 17.8 Å². The Bertz CT molecular complexity index is 1280. The second-order valence-electron chi connectivity index (χ2n) is 13.8. The van der Waals surface area contributed by atoms with Gasteiger partial charge in [0, 0.05) is 23.0 Å². The first kappa shape index (κ1) is 35.3. The molecule has 0 saturated heterocycles. The summed E-state index contributed by atoms with van der Waals surface area (Å²) in [7, 11) is 0. The molecule has 0 amide bonds. The van der Waals surface area contributed by atoms with Crippen LogP contribution >= 0.6 is 0 Å². The van der Waals surface area contributed by atoms with Gasteiger partial charge < -0.3 is 20.4 Å². The fourth-order valence-electron chi connectivity index (χ4n) is 7.13. The van der Waals surface area contributed by atoms with E-state index in [9.17, 15) is 20.4 Å². The number of benzene rings is 2. The van der Waals surface area contributed by atoms with E-state index in [0.29, 0.717) is 17.4 Å². The molecule has 0 heterocycles. The lowest BCUT2D eigenvalue weighted by atomic mass is 9.71. The first-order chi connectivity index (χ1) is 20.9. The fourth-order valence-corrected chi connectivity index (χ4v) is 7.13. The number of aryl methyl sites for hydroxylation is 2. The molecule has 2 aromatic rings. The molecule has 4 nitrogen and oxygen atoms in total. The summed E-state index contributed by atoms with van der Waals surface area (Å²) in [4.78, 5) is 0. The predicted octanol–water partition coefficient (Wildman–Crippen LogP) is 11.0. The van der Waals surface area contributed by atoms with Crippen molar-refractivity contribution in [2.24, 2.45) is 17.8 Å². The van der Waals surface area contributed by atoms with Gasteiger partial charge in [0.15, 0.2) is 0 Å². The van der Waals surface area contributed by atoms with E-state index in [2.05, 4.69) is 60.3 Å². The van der Waals surface area contributed by atoms with Gasteiger partial charge in [-0.3, -0.25) is 0 Å². The highest BCUT2D eigenvalue weighted by molar-refractivity contribution is 5.52. The lowest BCUT2D eigenvalue weighted by Gasteiger charge is -2.33. The molecule has 0 aliphatic heterocycles. The van der Waals surface area contributed by atoms with Gasteiger partial charge in [-0.1, -0.05) is 76.0 Å². The maximum absolute atomic E-state index is 10.5. The molecule has 4 N–H and O–H groups in total. The summed E-state index contributed by atoms with van der Waals surface area (Å²) in [5.41, 5.74) is 7.20. The van der Waals surface area contributed by atoms with Gasteiger partial charge in [-0.15, -0.1) is 0 Å². The molecule has 2 aliphatic carbocycles. The average Bonchev–Trinajstić information content (AvgIpc) is 2.94. The monoisotopic (exact) mass is 602 g/mol. The molecule has 242 valence electrons. The zero-order valence-electron chi connectivity index (χ0n) is 28.4. The van der Waals surface area contributed by atoms with Crippen LogP contribution in [0.2, 0.25) is 0 Å². The molecule has 4 rings (SSSR count). The number of allylic oxidation sites excluding steroid dienone is 5. The minimum atomic E-state index is 0.0199. The van der Waals surface area contributed by atoms with E-state index in [0.717, 1.165) is 86.5 Å². The smallest absolute Gasteiger partial charge is 0.123 e. The molecular formula is C40H58O4. The standard InChI is InChI=1S/C20H30O2.C20H28O2/c2*1-5-6-7-15-11-18(21)20(19(22)12-15)17-10-14(4)8-9-16(17)13(2)3/h10-13,16-17,21-22H,5-9H2,1-4H3;10-12,16-17,21-22H,2,5-9H2,1,3-4H3/t2*16-,17?/m00/s1. The minimum absolute atomic E-state index is 0.0199. The topological polar surface area (TPSA) is 80.9 Å². The number of hydrogen-bond donors (Lipinski definition) is 4.